The zero-order valence-corrected chi connectivity index (χ0v) is 14.9. The normalized spacial score (nSPS) is 18.3. The van der Waals surface area contributed by atoms with Gasteiger partial charge < -0.3 is 14.4 Å². The smallest absolute Gasteiger partial charge is 0.281 e. The molecule has 0 radical (unpaired) electrons. The first-order valence-corrected chi connectivity index (χ1v) is 10.3. The molecule has 0 amide bonds. The average molecular weight is 381 g/mol. The molecule has 1 aliphatic carbocycles. The van der Waals surface area contributed by atoms with Crippen LogP contribution >= 0.6 is 7.14 Å². The van der Waals surface area contributed by atoms with E-state index in [1.165, 1.54) is 31.5 Å². The summed E-state index contributed by atoms with van der Waals surface area (Å²) in [6.45, 7) is 2.86. The number of hydrogen-bond donors (Lipinski definition) is 1. The Bertz CT molecular complexity index is 978. The number of ether oxygens (including phenoxy) is 1. The molecule has 0 spiro atoms. The van der Waals surface area contributed by atoms with Crippen LogP contribution in [0.5, 0.6) is 11.5 Å². The van der Waals surface area contributed by atoms with E-state index in [1.54, 1.807) is 6.07 Å². The fourth-order valence-electron chi connectivity index (χ4n) is 3.04. The molecule has 3 rings (SSSR count). The molecule has 2 aromatic carbocycles. The molecular formula is C18H15F3NO3P. The van der Waals surface area contributed by atoms with Gasteiger partial charge in [-0.05, 0) is 37.6 Å². The number of rotatable bonds is 3. The summed E-state index contributed by atoms with van der Waals surface area (Å²) in [5.41, 5.74) is -0.0466. The second-order valence-corrected chi connectivity index (χ2v) is 9.74. The Labute approximate surface area is 148 Å². The van der Waals surface area contributed by atoms with E-state index >= 15 is 0 Å². The average Bonchev–Trinajstić information content (AvgIpc) is 2.77. The van der Waals surface area contributed by atoms with Crippen LogP contribution in [-0.2, 0) is 11.0 Å². The van der Waals surface area contributed by atoms with Crippen molar-refractivity contribution >= 4 is 12.4 Å². The maximum absolute atomic E-state index is 14.1. The first-order chi connectivity index (χ1) is 12.0. The lowest BCUT2D eigenvalue weighted by atomic mass is 10.1. The molecule has 0 aliphatic heterocycles. The third-order valence-corrected chi connectivity index (χ3v) is 5.74. The summed E-state index contributed by atoms with van der Waals surface area (Å²) in [5.74, 6) is -4.16. The van der Waals surface area contributed by atoms with Gasteiger partial charge in [0, 0.05) is 28.9 Å². The molecule has 1 atom stereocenters. The number of nitriles is 1. The van der Waals surface area contributed by atoms with Gasteiger partial charge in [-0.3, -0.25) is 0 Å². The van der Waals surface area contributed by atoms with E-state index in [-0.39, 0.29) is 33.5 Å². The first-order valence-electron chi connectivity index (χ1n) is 7.68. The van der Waals surface area contributed by atoms with E-state index in [2.05, 4.69) is 0 Å². The minimum Gasteiger partial charge on any atom is -0.457 e. The van der Waals surface area contributed by atoms with Gasteiger partial charge in [0.25, 0.3) is 5.92 Å². The van der Waals surface area contributed by atoms with Gasteiger partial charge >= 0.3 is 0 Å². The first kappa shape index (κ1) is 18.5. The van der Waals surface area contributed by atoms with E-state index in [0.717, 1.165) is 12.1 Å². The van der Waals surface area contributed by atoms with Crippen molar-refractivity contribution in [2.45, 2.75) is 18.4 Å². The Kier molecular flexibility index (Phi) is 4.38. The quantitative estimate of drug-likeness (QED) is 0.817. The van der Waals surface area contributed by atoms with E-state index < -0.39 is 31.4 Å². The van der Waals surface area contributed by atoms with Gasteiger partial charge in [-0.2, -0.15) is 5.26 Å². The van der Waals surface area contributed by atoms with Crippen LogP contribution in [0.15, 0.2) is 30.3 Å². The van der Waals surface area contributed by atoms with Gasteiger partial charge in [-0.15, -0.1) is 0 Å². The Morgan fingerprint density at radius 1 is 1.31 bits per heavy atom. The molecule has 136 valence electrons. The van der Waals surface area contributed by atoms with Gasteiger partial charge in [-0.25, -0.2) is 13.2 Å². The van der Waals surface area contributed by atoms with Crippen molar-refractivity contribution in [2.75, 3.05) is 13.3 Å². The molecule has 26 heavy (non-hydrogen) atoms. The largest absolute Gasteiger partial charge is 0.457 e. The summed E-state index contributed by atoms with van der Waals surface area (Å²) in [4.78, 5) is 0. The summed E-state index contributed by atoms with van der Waals surface area (Å²) in [6.07, 6.45) is -2.88. The molecule has 8 heteroatoms. The maximum atomic E-state index is 14.1. The van der Waals surface area contributed by atoms with Crippen LogP contribution in [0.1, 0.15) is 22.8 Å². The summed E-state index contributed by atoms with van der Waals surface area (Å²) in [7, 11) is -2.93. The van der Waals surface area contributed by atoms with E-state index in [1.807, 2.05) is 0 Å². The van der Waals surface area contributed by atoms with Crippen LogP contribution in [0.4, 0.5) is 13.2 Å². The van der Waals surface area contributed by atoms with Crippen molar-refractivity contribution < 1.29 is 27.6 Å². The molecule has 0 fully saturated rings. The summed E-state index contributed by atoms with van der Waals surface area (Å²) in [5, 5.41) is 19.1. The summed E-state index contributed by atoms with van der Waals surface area (Å²) in [6, 6.07) is 7.85. The SMILES string of the molecule is CP(C)(=O)c1ccc(Oc2cc(F)cc(C#N)c2)c2c1[C@@H](O)C(F)(F)C2. The predicted octanol–water partition coefficient (Wildman–Crippen LogP) is 3.96. The van der Waals surface area contributed by atoms with E-state index in [0.29, 0.717) is 0 Å². The van der Waals surface area contributed by atoms with Crippen molar-refractivity contribution in [2.24, 2.45) is 0 Å². The van der Waals surface area contributed by atoms with Crippen LogP contribution < -0.4 is 10.0 Å². The number of hydrogen-bond acceptors (Lipinski definition) is 4. The molecule has 0 heterocycles. The maximum Gasteiger partial charge on any atom is 0.281 e. The molecule has 0 saturated heterocycles. The van der Waals surface area contributed by atoms with Crippen molar-refractivity contribution in [1.29, 1.82) is 5.26 Å². The molecule has 1 aliphatic rings. The van der Waals surface area contributed by atoms with Crippen LogP contribution in [0.3, 0.4) is 0 Å². The van der Waals surface area contributed by atoms with Gasteiger partial charge in [0.15, 0.2) is 0 Å². The highest BCUT2D eigenvalue weighted by Crippen LogP contribution is 2.50. The van der Waals surface area contributed by atoms with Crippen molar-refractivity contribution in [3.8, 4) is 17.6 Å². The summed E-state index contributed by atoms with van der Waals surface area (Å²) >= 11 is 0. The molecule has 0 unspecified atom stereocenters. The van der Waals surface area contributed by atoms with Crippen molar-refractivity contribution in [3.63, 3.8) is 0 Å². The van der Waals surface area contributed by atoms with Gasteiger partial charge in [-0.1, -0.05) is 0 Å². The standard InChI is InChI=1S/C18H15F3NO3P/c1-26(2,24)15-4-3-14(13-8-18(20,21)17(23)16(13)15)25-12-6-10(9-22)5-11(19)7-12/h3-7,17,23H,8H2,1-2H3/t17-/m1/s1. The lowest BCUT2D eigenvalue weighted by Gasteiger charge is -2.18. The zero-order valence-electron chi connectivity index (χ0n) is 14.0. The van der Waals surface area contributed by atoms with Crippen molar-refractivity contribution in [3.05, 3.63) is 52.8 Å². The molecule has 1 N–H and O–H groups in total. The second kappa shape index (κ2) is 6.15. The fourth-order valence-corrected chi connectivity index (χ4v) is 4.31. The topological polar surface area (TPSA) is 70.3 Å². The van der Waals surface area contributed by atoms with Gasteiger partial charge in [0.05, 0.1) is 11.6 Å². The molecule has 0 saturated carbocycles. The van der Waals surface area contributed by atoms with Crippen molar-refractivity contribution in [1.82, 2.24) is 0 Å². The molecular weight excluding hydrogens is 366 g/mol. The van der Waals surface area contributed by atoms with E-state index in [9.17, 15) is 22.8 Å². The number of nitrogens with zero attached hydrogens (tertiary/aromatic N) is 1. The molecule has 0 aromatic heterocycles. The Morgan fingerprint density at radius 2 is 2.00 bits per heavy atom. The second-order valence-electron chi connectivity index (χ2n) is 6.56. The Morgan fingerprint density at radius 3 is 2.62 bits per heavy atom. The zero-order chi connectivity index (χ0) is 19.3. The number of halogens is 3. The number of fused-ring (bicyclic) bond motifs is 1. The number of aliphatic hydroxyl groups excluding tert-OH is 1. The van der Waals surface area contributed by atoms with Crippen LogP contribution in [0, 0.1) is 17.1 Å². The van der Waals surface area contributed by atoms with Crippen LogP contribution in [0.2, 0.25) is 0 Å². The highest BCUT2D eigenvalue weighted by atomic mass is 31.2. The Balaban J connectivity index is 2.13. The predicted molar refractivity (Wildman–Crippen MR) is 90.3 cm³/mol. The fraction of sp³-hybridized carbons (Fsp3) is 0.278. The number of benzene rings is 2. The number of aliphatic hydroxyl groups is 1. The third-order valence-electron chi connectivity index (χ3n) is 4.19. The third kappa shape index (κ3) is 3.23. The molecule has 0 bridgehead atoms. The molecule has 2 aromatic rings. The lowest BCUT2D eigenvalue weighted by molar-refractivity contribution is -0.0965. The van der Waals surface area contributed by atoms with Gasteiger partial charge in [0.1, 0.15) is 30.6 Å². The minimum absolute atomic E-state index is 0.00270. The number of alkyl halides is 2. The minimum atomic E-state index is -3.43. The molecule has 4 nitrogen and oxygen atoms in total. The highest BCUT2D eigenvalue weighted by Gasteiger charge is 2.50. The van der Waals surface area contributed by atoms with Crippen LogP contribution in [-0.4, -0.2) is 24.4 Å². The Hall–Kier alpha value is -2.29. The highest BCUT2D eigenvalue weighted by molar-refractivity contribution is 7.70. The van der Waals surface area contributed by atoms with Crippen LogP contribution in [0.25, 0.3) is 0 Å². The monoisotopic (exact) mass is 381 g/mol. The summed E-state index contributed by atoms with van der Waals surface area (Å²) < 4.78 is 59.7. The van der Waals surface area contributed by atoms with E-state index in [4.69, 9.17) is 10.00 Å². The van der Waals surface area contributed by atoms with Gasteiger partial charge in [0.2, 0.25) is 0 Å². The lowest BCUT2D eigenvalue weighted by Crippen LogP contribution is -2.24.